The van der Waals surface area contributed by atoms with Crippen molar-refractivity contribution in [1.29, 1.82) is 0 Å². The molecule has 7 nitrogen and oxygen atoms in total. The summed E-state index contributed by atoms with van der Waals surface area (Å²) in [5, 5.41) is 10.7. The lowest BCUT2D eigenvalue weighted by Crippen LogP contribution is -2.44. The number of carbonyl (C=O) groups excluding carboxylic acids is 2. The second kappa shape index (κ2) is 10.3. The third kappa shape index (κ3) is 6.14. The van der Waals surface area contributed by atoms with Crippen LogP contribution in [-0.4, -0.2) is 39.2 Å². The molecule has 0 unspecified atom stereocenters. The van der Waals surface area contributed by atoms with Gasteiger partial charge in [-0.3, -0.25) is 4.79 Å². The molecule has 0 fully saturated rings. The Balaban J connectivity index is 1.81. The zero-order chi connectivity index (χ0) is 25.0. The Labute approximate surface area is 203 Å². The smallest absolute Gasteiger partial charge is 0.313 e. The maximum atomic E-state index is 14.0. The van der Waals surface area contributed by atoms with Crippen molar-refractivity contribution in [2.45, 2.75) is 46.1 Å². The standard InChI is InChI=1S/C25H29ClFN5O2/c1-16(2)31(24(34)28-20-9-7-6-8-19(20)27)15-23(33)29-22-14-21(25(3,4)5)30-32(22)18-12-10-17(26)11-13-18/h6-14,16H,15H2,1-5H3,(H,28,34)(H,29,33). The van der Waals surface area contributed by atoms with Gasteiger partial charge in [-0.15, -0.1) is 0 Å². The highest BCUT2D eigenvalue weighted by Crippen LogP contribution is 2.27. The average molecular weight is 486 g/mol. The molecule has 1 heterocycles. The first kappa shape index (κ1) is 25.2. The van der Waals surface area contributed by atoms with Crippen LogP contribution in [0.25, 0.3) is 5.69 Å². The fourth-order valence-corrected chi connectivity index (χ4v) is 3.32. The number of halogens is 2. The molecule has 3 amide bonds. The van der Waals surface area contributed by atoms with Crippen molar-refractivity contribution >= 4 is 35.0 Å². The van der Waals surface area contributed by atoms with E-state index in [-0.39, 0.29) is 23.7 Å². The normalized spacial score (nSPS) is 11.4. The van der Waals surface area contributed by atoms with Gasteiger partial charge in [0, 0.05) is 22.5 Å². The van der Waals surface area contributed by atoms with Gasteiger partial charge < -0.3 is 15.5 Å². The van der Waals surface area contributed by atoms with Crippen LogP contribution in [0.2, 0.25) is 5.02 Å². The van der Waals surface area contributed by atoms with E-state index in [9.17, 15) is 14.0 Å². The first-order valence-electron chi connectivity index (χ1n) is 10.9. The van der Waals surface area contributed by atoms with Crippen molar-refractivity contribution < 1.29 is 14.0 Å². The van der Waals surface area contributed by atoms with Crippen LogP contribution in [0.4, 0.5) is 20.7 Å². The van der Waals surface area contributed by atoms with Gasteiger partial charge in [-0.2, -0.15) is 5.10 Å². The predicted octanol–water partition coefficient (Wildman–Crippen LogP) is 5.84. The number of carbonyl (C=O) groups is 2. The average Bonchev–Trinajstić information content (AvgIpc) is 3.18. The number of nitrogens with one attached hydrogen (secondary N) is 2. The van der Waals surface area contributed by atoms with Crippen molar-refractivity contribution in [3.05, 3.63) is 71.1 Å². The van der Waals surface area contributed by atoms with Crippen LogP contribution in [0.3, 0.4) is 0 Å². The van der Waals surface area contributed by atoms with Crippen LogP contribution in [0.5, 0.6) is 0 Å². The van der Waals surface area contributed by atoms with E-state index in [0.29, 0.717) is 10.8 Å². The van der Waals surface area contributed by atoms with E-state index in [1.54, 1.807) is 48.9 Å². The van der Waals surface area contributed by atoms with Crippen molar-refractivity contribution in [3.8, 4) is 5.69 Å². The number of hydrogen-bond donors (Lipinski definition) is 2. The minimum atomic E-state index is -0.572. The zero-order valence-corrected chi connectivity index (χ0v) is 20.7. The number of rotatable bonds is 6. The van der Waals surface area contributed by atoms with Crippen molar-refractivity contribution in [3.63, 3.8) is 0 Å². The van der Waals surface area contributed by atoms with Gasteiger partial charge in [0.2, 0.25) is 5.91 Å². The number of amides is 3. The molecule has 0 radical (unpaired) electrons. The lowest BCUT2D eigenvalue weighted by Gasteiger charge is -2.26. The zero-order valence-electron chi connectivity index (χ0n) is 19.9. The van der Waals surface area contributed by atoms with Crippen molar-refractivity contribution in [1.82, 2.24) is 14.7 Å². The van der Waals surface area contributed by atoms with Crippen LogP contribution in [0.1, 0.15) is 40.3 Å². The molecule has 0 aliphatic rings. The molecule has 0 saturated heterocycles. The molecule has 0 saturated carbocycles. The largest absolute Gasteiger partial charge is 0.322 e. The molecule has 3 rings (SSSR count). The van der Waals surface area contributed by atoms with Crippen LogP contribution >= 0.6 is 11.6 Å². The maximum absolute atomic E-state index is 14.0. The Kier molecular flexibility index (Phi) is 7.61. The molecule has 180 valence electrons. The van der Waals surface area contributed by atoms with E-state index >= 15 is 0 Å². The van der Waals surface area contributed by atoms with Gasteiger partial charge in [-0.25, -0.2) is 13.9 Å². The third-order valence-corrected chi connectivity index (χ3v) is 5.38. The summed E-state index contributed by atoms with van der Waals surface area (Å²) in [5.41, 5.74) is 1.32. The Hall–Kier alpha value is -3.39. The summed E-state index contributed by atoms with van der Waals surface area (Å²) in [6.45, 7) is 9.42. The van der Waals surface area contributed by atoms with E-state index in [0.717, 1.165) is 11.4 Å². The number of para-hydroxylation sites is 1. The highest BCUT2D eigenvalue weighted by molar-refractivity contribution is 6.30. The third-order valence-electron chi connectivity index (χ3n) is 5.13. The molecule has 2 aromatic carbocycles. The first-order valence-corrected chi connectivity index (χ1v) is 11.3. The fourth-order valence-electron chi connectivity index (χ4n) is 3.19. The minimum Gasteiger partial charge on any atom is -0.313 e. The summed E-state index contributed by atoms with van der Waals surface area (Å²) in [7, 11) is 0. The van der Waals surface area contributed by atoms with Crippen molar-refractivity contribution in [2.24, 2.45) is 0 Å². The molecule has 9 heteroatoms. The summed E-state index contributed by atoms with van der Waals surface area (Å²) in [5.74, 6) is -0.492. The SMILES string of the molecule is CC(C)N(CC(=O)Nc1cc(C(C)(C)C)nn1-c1ccc(Cl)cc1)C(=O)Nc1ccccc1F. The predicted molar refractivity (Wildman–Crippen MR) is 133 cm³/mol. The molecule has 2 N–H and O–H groups in total. The lowest BCUT2D eigenvalue weighted by molar-refractivity contribution is -0.117. The summed E-state index contributed by atoms with van der Waals surface area (Å²) < 4.78 is 15.6. The van der Waals surface area contributed by atoms with E-state index in [1.165, 1.54) is 23.1 Å². The molecule has 0 spiro atoms. The molecule has 0 atom stereocenters. The van der Waals surface area contributed by atoms with Crippen LogP contribution in [0.15, 0.2) is 54.6 Å². The number of nitrogens with zero attached hydrogens (tertiary/aromatic N) is 3. The van der Waals surface area contributed by atoms with Gasteiger partial charge in [-0.1, -0.05) is 44.5 Å². The number of hydrogen-bond acceptors (Lipinski definition) is 3. The minimum absolute atomic E-state index is 0.0502. The Morgan fingerprint density at radius 2 is 1.74 bits per heavy atom. The molecular formula is C25H29ClFN5O2. The van der Waals surface area contributed by atoms with E-state index in [2.05, 4.69) is 15.7 Å². The molecule has 1 aromatic heterocycles. The number of benzene rings is 2. The van der Waals surface area contributed by atoms with Gasteiger partial charge in [0.1, 0.15) is 18.2 Å². The molecule has 0 bridgehead atoms. The number of urea groups is 1. The van der Waals surface area contributed by atoms with Gasteiger partial charge >= 0.3 is 6.03 Å². The Morgan fingerprint density at radius 1 is 1.09 bits per heavy atom. The lowest BCUT2D eigenvalue weighted by atomic mass is 9.92. The molecular weight excluding hydrogens is 457 g/mol. The molecule has 34 heavy (non-hydrogen) atoms. The first-order chi connectivity index (χ1) is 16.0. The monoisotopic (exact) mass is 485 g/mol. The summed E-state index contributed by atoms with van der Waals surface area (Å²) in [6.07, 6.45) is 0. The Bertz CT molecular complexity index is 1170. The highest BCUT2D eigenvalue weighted by Gasteiger charge is 2.24. The second-order valence-corrected chi connectivity index (χ2v) is 9.67. The van der Waals surface area contributed by atoms with Gasteiger partial charge in [0.25, 0.3) is 0 Å². The topological polar surface area (TPSA) is 79.3 Å². The second-order valence-electron chi connectivity index (χ2n) is 9.23. The van der Waals surface area contributed by atoms with Crippen LogP contribution < -0.4 is 10.6 Å². The van der Waals surface area contributed by atoms with Gasteiger partial charge in [-0.05, 0) is 50.2 Å². The number of aromatic nitrogens is 2. The van der Waals surface area contributed by atoms with Gasteiger partial charge in [0.05, 0.1) is 17.1 Å². The highest BCUT2D eigenvalue weighted by atomic mass is 35.5. The summed E-state index contributed by atoms with van der Waals surface area (Å²) in [6, 6.07) is 13.9. The van der Waals surface area contributed by atoms with Gasteiger partial charge in [0.15, 0.2) is 0 Å². The molecule has 3 aromatic rings. The van der Waals surface area contributed by atoms with Crippen LogP contribution in [-0.2, 0) is 10.2 Å². The number of anilines is 2. The van der Waals surface area contributed by atoms with Crippen molar-refractivity contribution in [2.75, 3.05) is 17.2 Å². The van der Waals surface area contributed by atoms with E-state index in [4.69, 9.17) is 11.6 Å². The van der Waals surface area contributed by atoms with E-state index < -0.39 is 17.8 Å². The van der Waals surface area contributed by atoms with E-state index in [1.807, 2.05) is 26.8 Å². The summed E-state index contributed by atoms with van der Waals surface area (Å²) in [4.78, 5) is 27.1. The molecule has 0 aliphatic carbocycles. The molecule has 0 aliphatic heterocycles. The maximum Gasteiger partial charge on any atom is 0.322 e. The quantitative estimate of drug-likeness (QED) is 0.460. The fraction of sp³-hybridized carbons (Fsp3) is 0.320. The summed E-state index contributed by atoms with van der Waals surface area (Å²) >= 11 is 6.02. The Morgan fingerprint density at radius 3 is 2.32 bits per heavy atom. The van der Waals surface area contributed by atoms with Crippen LogP contribution in [0, 0.1) is 5.82 Å².